The molecule has 0 atom stereocenters. The van der Waals surface area contributed by atoms with Crippen LogP contribution in [0.1, 0.15) is 0 Å². The molecule has 8 heteroatoms. The van der Waals surface area contributed by atoms with Crippen LogP contribution in [0.2, 0.25) is 15.1 Å². The minimum atomic E-state index is -4.60. The molecule has 1 rings (SSSR count). The van der Waals surface area contributed by atoms with Crippen LogP contribution in [0, 0.1) is 0 Å². The molecule has 1 aromatic carbocycles. The molecule has 0 heterocycles. The first-order valence-corrected chi connectivity index (χ1v) is 5.47. The summed E-state index contributed by atoms with van der Waals surface area (Å²) >= 11 is 16.5. The summed E-state index contributed by atoms with van der Waals surface area (Å²) in [6, 6.07) is 2.21. The van der Waals surface area contributed by atoms with Crippen LogP contribution in [0.25, 0.3) is 0 Å². The Balaban J connectivity index is 0.00000169. The van der Waals surface area contributed by atoms with Crippen LogP contribution in [0.3, 0.4) is 0 Å². The van der Waals surface area contributed by atoms with Gasteiger partial charge in [-0.2, -0.15) is 0 Å². The van der Waals surface area contributed by atoms with E-state index in [9.17, 15) is 13.0 Å². The van der Waals surface area contributed by atoms with Gasteiger partial charge >= 0.3 is 68.9 Å². The first-order chi connectivity index (χ1) is 5.84. The molecule has 0 saturated carbocycles. The molecular formula is C6H2Cl3CsO3S. The van der Waals surface area contributed by atoms with E-state index in [4.69, 9.17) is 34.8 Å². The third-order valence-electron chi connectivity index (χ3n) is 1.27. The van der Waals surface area contributed by atoms with Gasteiger partial charge in [0, 0.05) is 0 Å². The molecule has 14 heavy (non-hydrogen) atoms. The topological polar surface area (TPSA) is 57.2 Å². The molecule has 0 aliphatic heterocycles. The van der Waals surface area contributed by atoms with Crippen molar-refractivity contribution in [2.45, 2.75) is 4.90 Å². The molecule has 0 aliphatic rings. The minimum absolute atomic E-state index is 0. The zero-order chi connectivity index (χ0) is 10.2. The van der Waals surface area contributed by atoms with E-state index in [-0.39, 0.29) is 84.0 Å². The van der Waals surface area contributed by atoms with Gasteiger partial charge < -0.3 is 4.55 Å². The molecule has 0 unspecified atom stereocenters. The second-order valence-electron chi connectivity index (χ2n) is 2.13. The molecule has 3 nitrogen and oxygen atoms in total. The quantitative estimate of drug-likeness (QED) is 0.480. The van der Waals surface area contributed by atoms with E-state index in [2.05, 4.69) is 0 Å². The molecule has 0 N–H and O–H groups in total. The van der Waals surface area contributed by atoms with Crippen LogP contribution < -0.4 is 68.9 Å². The Morgan fingerprint density at radius 2 is 1.57 bits per heavy atom. The van der Waals surface area contributed by atoms with Gasteiger partial charge in [-0.05, 0) is 12.1 Å². The van der Waals surface area contributed by atoms with E-state index < -0.39 is 15.0 Å². The summed E-state index contributed by atoms with van der Waals surface area (Å²) in [6.45, 7) is 0. The summed E-state index contributed by atoms with van der Waals surface area (Å²) in [5.41, 5.74) is 0. The molecule has 0 bridgehead atoms. The molecule has 0 amide bonds. The fraction of sp³-hybridized carbons (Fsp3) is 0. The summed E-state index contributed by atoms with van der Waals surface area (Å²) in [5.74, 6) is 0. The van der Waals surface area contributed by atoms with Crippen molar-refractivity contribution in [1.82, 2.24) is 0 Å². The summed E-state index contributed by atoms with van der Waals surface area (Å²) in [5, 5.41) is -0.386. The molecule has 72 valence electrons. The number of hydrogen-bond acceptors (Lipinski definition) is 3. The standard InChI is InChI=1S/C6H3Cl3O3S.Cs/c7-3-1-2-4(13(10,11)12)6(9)5(3)8;/h1-2H,(H,10,11,12);/q;+1/p-1. The largest absolute Gasteiger partial charge is 1.00 e. The van der Waals surface area contributed by atoms with Gasteiger partial charge in [0.05, 0.1) is 20.0 Å². The van der Waals surface area contributed by atoms with Crippen LogP contribution in [0.15, 0.2) is 17.0 Å². The molecule has 0 aromatic heterocycles. The number of halogens is 3. The Bertz CT molecular complexity index is 446. The maximum atomic E-state index is 10.6. The van der Waals surface area contributed by atoms with Gasteiger partial charge in [-0.25, -0.2) is 8.42 Å². The smallest absolute Gasteiger partial charge is 0.744 e. The van der Waals surface area contributed by atoms with Crippen LogP contribution in [0.5, 0.6) is 0 Å². The monoisotopic (exact) mass is 392 g/mol. The van der Waals surface area contributed by atoms with Gasteiger partial charge in [0.15, 0.2) is 0 Å². The first kappa shape index (κ1) is 16.1. The van der Waals surface area contributed by atoms with Crippen molar-refractivity contribution in [3.8, 4) is 0 Å². The maximum Gasteiger partial charge on any atom is 1.00 e. The second kappa shape index (κ2) is 6.11. The molecule has 0 spiro atoms. The number of hydrogen-bond donors (Lipinski definition) is 0. The van der Waals surface area contributed by atoms with E-state index in [1.165, 1.54) is 6.07 Å². The minimum Gasteiger partial charge on any atom is -0.744 e. The Kier molecular flexibility index (Phi) is 7.01. The number of benzene rings is 1. The van der Waals surface area contributed by atoms with E-state index in [0.717, 1.165) is 6.07 Å². The van der Waals surface area contributed by atoms with Crippen LogP contribution in [-0.2, 0) is 10.1 Å². The van der Waals surface area contributed by atoms with Gasteiger partial charge in [0.1, 0.15) is 10.1 Å². The Morgan fingerprint density at radius 3 is 2.00 bits per heavy atom. The molecule has 0 fully saturated rings. The molecule has 0 radical (unpaired) electrons. The third kappa shape index (κ3) is 3.81. The normalized spacial score (nSPS) is 10.9. The zero-order valence-corrected chi connectivity index (χ0v) is 16.3. The average molecular weight is 393 g/mol. The maximum absolute atomic E-state index is 10.6. The van der Waals surface area contributed by atoms with E-state index in [1.807, 2.05) is 0 Å². The van der Waals surface area contributed by atoms with Crippen molar-refractivity contribution in [3.05, 3.63) is 27.2 Å². The average Bonchev–Trinajstić information content (AvgIpc) is 1.98. The summed E-state index contributed by atoms with van der Waals surface area (Å²) in [4.78, 5) is -0.566. The summed E-state index contributed by atoms with van der Waals surface area (Å²) in [6.07, 6.45) is 0. The summed E-state index contributed by atoms with van der Waals surface area (Å²) in [7, 11) is -4.60. The van der Waals surface area contributed by atoms with Gasteiger partial charge in [0.2, 0.25) is 0 Å². The first-order valence-electron chi connectivity index (χ1n) is 2.93. The molecule has 1 aromatic rings. The number of rotatable bonds is 1. The Labute approximate surface area is 155 Å². The summed E-state index contributed by atoms with van der Waals surface area (Å²) < 4.78 is 31.7. The van der Waals surface area contributed by atoms with Gasteiger partial charge in [0.25, 0.3) is 0 Å². The van der Waals surface area contributed by atoms with Crippen LogP contribution in [-0.4, -0.2) is 13.0 Å². The van der Waals surface area contributed by atoms with Crippen molar-refractivity contribution in [2.75, 3.05) is 0 Å². The van der Waals surface area contributed by atoms with Crippen molar-refractivity contribution >= 4 is 44.9 Å². The molecular weight excluding hydrogens is 391 g/mol. The third-order valence-corrected chi connectivity index (χ3v) is 3.55. The fourth-order valence-electron chi connectivity index (χ4n) is 0.701. The molecule has 0 saturated heterocycles. The van der Waals surface area contributed by atoms with Gasteiger partial charge in [-0.3, -0.25) is 0 Å². The van der Waals surface area contributed by atoms with E-state index in [1.54, 1.807) is 0 Å². The van der Waals surface area contributed by atoms with Crippen LogP contribution in [0.4, 0.5) is 0 Å². The zero-order valence-electron chi connectivity index (χ0n) is 6.92. The Morgan fingerprint density at radius 1 is 1.07 bits per heavy atom. The van der Waals surface area contributed by atoms with E-state index in [0.29, 0.717) is 0 Å². The van der Waals surface area contributed by atoms with Crippen molar-refractivity contribution < 1.29 is 81.9 Å². The molecule has 0 aliphatic carbocycles. The van der Waals surface area contributed by atoms with Gasteiger partial charge in [-0.1, -0.05) is 34.8 Å². The fourth-order valence-corrected chi connectivity index (χ4v) is 2.13. The van der Waals surface area contributed by atoms with Crippen molar-refractivity contribution in [3.63, 3.8) is 0 Å². The Hall–Kier alpha value is 2.05. The van der Waals surface area contributed by atoms with Crippen molar-refractivity contribution in [2.24, 2.45) is 0 Å². The predicted molar refractivity (Wildman–Crippen MR) is 49.4 cm³/mol. The van der Waals surface area contributed by atoms with E-state index >= 15 is 0 Å². The van der Waals surface area contributed by atoms with Crippen LogP contribution >= 0.6 is 34.8 Å². The second-order valence-corrected chi connectivity index (χ2v) is 4.64. The van der Waals surface area contributed by atoms with Crippen molar-refractivity contribution in [1.29, 1.82) is 0 Å². The predicted octanol–water partition coefficient (Wildman–Crippen LogP) is -0.445. The SMILES string of the molecule is O=S(=O)([O-])c1ccc(Cl)c(Cl)c1Cl.[Cs+]. The van der Waals surface area contributed by atoms with Gasteiger partial charge in [-0.15, -0.1) is 0 Å².